The van der Waals surface area contributed by atoms with Crippen LogP contribution in [0.1, 0.15) is 29.2 Å². The summed E-state index contributed by atoms with van der Waals surface area (Å²) >= 11 is 0. The standard InChI is InChI=1S/C36H37N3O5/c1-42-34-14-8-5-11-26(34)15-20-35(41)39-22-31(36(37)30-21-38-32-13-7-6-12-29(30)32)33(40)24-44-28-18-16-27(17-19-28)43-23-25-9-3-2-4-10-25/h2-14,16-19,21,31,36,38H,15,20,22-24,37H2,1H3,(H,39,41). The van der Waals surface area contributed by atoms with Crippen LogP contribution in [-0.2, 0) is 22.6 Å². The van der Waals surface area contributed by atoms with Gasteiger partial charge in [0.1, 0.15) is 30.5 Å². The molecule has 0 radical (unpaired) electrons. The molecular weight excluding hydrogens is 554 g/mol. The van der Waals surface area contributed by atoms with Gasteiger partial charge in [0.05, 0.1) is 13.0 Å². The van der Waals surface area contributed by atoms with E-state index in [0.29, 0.717) is 24.5 Å². The number of methoxy groups -OCH3 is 1. The van der Waals surface area contributed by atoms with Crippen molar-refractivity contribution in [1.29, 1.82) is 0 Å². The van der Waals surface area contributed by atoms with Crippen molar-refractivity contribution < 1.29 is 23.8 Å². The van der Waals surface area contributed by atoms with Crippen LogP contribution in [0.2, 0.25) is 0 Å². The number of amides is 1. The fraction of sp³-hybridized carbons (Fsp3) is 0.222. The number of aromatic amines is 1. The van der Waals surface area contributed by atoms with Gasteiger partial charge in [-0.25, -0.2) is 0 Å². The molecule has 0 spiro atoms. The quantitative estimate of drug-likeness (QED) is 0.142. The Morgan fingerprint density at radius 3 is 2.30 bits per heavy atom. The minimum absolute atomic E-state index is 0.0832. The SMILES string of the molecule is COc1ccccc1CCC(=O)NCC(C(=O)COc1ccc(OCc2ccccc2)cc1)C(N)c1c[nH]c2ccccc12. The number of Topliss-reactive ketones (excluding diaryl/α,β-unsaturated/α-hetero) is 1. The number of ether oxygens (including phenoxy) is 3. The van der Waals surface area contributed by atoms with Crippen molar-refractivity contribution in [3.63, 3.8) is 0 Å². The van der Waals surface area contributed by atoms with E-state index in [9.17, 15) is 9.59 Å². The zero-order valence-corrected chi connectivity index (χ0v) is 24.7. The van der Waals surface area contributed by atoms with Crippen LogP contribution >= 0.6 is 0 Å². The molecule has 5 aromatic rings. The number of para-hydroxylation sites is 2. The van der Waals surface area contributed by atoms with Crippen molar-refractivity contribution in [2.24, 2.45) is 11.7 Å². The Morgan fingerprint density at radius 2 is 1.52 bits per heavy atom. The zero-order chi connectivity index (χ0) is 30.7. The van der Waals surface area contributed by atoms with Gasteiger partial charge in [-0.2, -0.15) is 0 Å². The number of hydrogen-bond donors (Lipinski definition) is 3. The van der Waals surface area contributed by atoms with Gasteiger partial charge in [-0.15, -0.1) is 0 Å². The van der Waals surface area contributed by atoms with Crippen LogP contribution in [0.4, 0.5) is 0 Å². The number of carbonyl (C=O) groups is 2. The molecule has 1 amide bonds. The molecule has 2 unspecified atom stereocenters. The molecule has 0 saturated carbocycles. The fourth-order valence-corrected chi connectivity index (χ4v) is 5.13. The number of carbonyl (C=O) groups excluding carboxylic acids is 2. The van der Waals surface area contributed by atoms with Gasteiger partial charge in [-0.1, -0.05) is 66.7 Å². The number of benzene rings is 4. The van der Waals surface area contributed by atoms with Crippen molar-refractivity contribution in [3.05, 3.63) is 126 Å². The van der Waals surface area contributed by atoms with Crippen molar-refractivity contribution in [2.45, 2.75) is 25.5 Å². The Morgan fingerprint density at radius 1 is 0.841 bits per heavy atom. The summed E-state index contributed by atoms with van der Waals surface area (Å²) in [4.78, 5) is 29.7. The first-order valence-electron chi connectivity index (χ1n) is 14.6. The van der Waals surface area contributed by atoms with Gasteiger partial charge >= 0.3 is 0 Å². The Kier molecular flexibility index (Phi) is 10.3. The van der Waals surface area contributed by atoms with Crippen molar-refractivity contribution >= 4 is 22.6 Å². The summed E-state index contributed by atoms with van der Waals surface area (Å²) in [6.45, 7) is 0.347. The van der Waals surface area contributed by atoms with Crippen molar-refractivity contribution in [2.75, 3.05) is 20.3 Å². The smallest absolute Gasteiger partial charge is 0.220 e. The first-order valence-corrected chi connectivity index (χ1v) is 14.6. The van der Waals surface area contributed by atoms with E-state index in [-0.39, 0.29) is 31.3 Å². The van der Waals surface area contributed by atoms with E-state index in [1.165, 1.54) is 0 Å². The van der Waals surface area contributed by atoms with Gasteiger partial charge in [0.2, 0.25) is 5.91 Å². The first-order chi connectivity index (χ1) is 21.5. The molecule has 4 aromatic carbocycles. The highest BCUT2D eigenvalue weighted by Crippen LogP contribution is 2.28. The number of nitrogens with two attached hydrogens (primary N) is 1. The van der Waals surface area contributed by atoms with Gasteiger partial charge < -0.3 is 30.2 Å². The number of nitrogens with one attached hydrogen (secondary N) is 2. The first kappa shape index (κ1) is 30.4. The van der Waals surface area contributed by atoms with Crippen LogP contribution in [-0.4, -0.2) is 36.9 Å². The molecular formula is C36H37N3O5. The van der Waals surface area contributed by atoms with Gasteiger partial charge in [0, 0.05) is 36.1 Å². The van der Waals surface area contributed by atoms with E-state index in [4.69, 9.17) is 19.9 Å². The average Bonchev–Trinajstić information content (AvgIpc) is 3.51. The molecule has 8 nitrogen and oxygen atoms in total. The maximum absolute atomic E-state index is 13.6. The number of aryl methyl sites for hydroxylation is 1. The lowest BCUT2D eigenvalue weighted by molar-refractivity contribution is -0.126. The minimum Gasteiger partial charge on any atom is -0.496 e. The number of rotatable bonds is 15. The van der Waals surface area contributed by atoms with Crippen molar-refractivity contribution in [3.8, 4) is 17.2 Å². The molecule has 4 N–H and O–H groups in total. The fourth-order valence-electron chi connectivity index (χ4n) is 5.13. The van der Waals surface area contributed by atoms with Crippen LogP contribution in [0.5, 0.6) is 17.2 Å². The summed E-state index contributed by atoms with van der Waals surface area (Å²) in [6.07, 6.45) is 2.59. The Bertz CT molecular complexity index is 1670. The molecule has 0 fully saturated rings. The molecule has 1 heterocycles. The van der Waals surface area contributed by atoms with Crippen LogP contribution in [0.15, 0.2) is 109 Å². The highest BCUT2D eigenvalue weighted by molar-refractivity contribution is 5.88. The Balaban J connectivity index is 1.22. The lowest BCUT2D eigenvalue weighted by Gasteiger charge is -2.23. The highest BCUT2D eigenvalue weighted by Gasteiger charge is 2.29. The topological polar surface area (TPSA) is 116 Å². The third kappa shape index (κ3) is 7.85. The maximum Gasteiger partial charge on any atom is 0.220 e. The molecule has 0 aliphatic heterocycles. The largest absolute Gasteiger partial charge is 0.496 e. The molecule has 0 aliphatic carbocycles. The Labute approximate surface area is 257 Å². The molecule has 1 aromatic heterocycles. The molecule has 0 saturated heterocycles. The summed E-state index contributed by atoms with van der Waals surface area (Å²) < 4.78 is 17.1. The van der Waals surface area contributed by atoms with E-state index < -0.39 is 12.0 Å². The van der Waals surface area contributed by atoms with Crippen LogP contribution in [0.3, 0.4) is 0 Å². The van der Waals surface area contributed by atoms with Crippen LogP contribution in [0, 0.1) is 5.92 Å². The number of aromatic nitrogens is 1. The lowest BCUT2D eigenvalue weighted by atomic mass is 9.90. The van der Waals surface area contributed by atoms with E-state index in [0.717, 1.165) is 33.3 Å². The minimum atomic E-state index is -0.710. The van der Waals surface area contributed by atoms with Crippen LogP contribution in [0.25, 0.3) is 10.9 Å². The predicted molar refractivity (Wildman–Crippen MR) is 171 cm³/mol. The monoisotopic (exact) mass is 591 g/mol. The summed E-state index contributed by atoms with van der Waals surface area (Å²) in [5.74, 6) is 0.873. The third-order valence-electron chi connectivity index (χ3n) is 7.61. The number of fused-ring (bicyclic) bond motifs is 1. The lowest BCUT2D eigenvalue weighted by Crippen LogP contribution is -2.40. The van der Waals surface area contributed by atoms with E-state index in [1.54, 1.807) is 31.4 Å². The molecule has 0 aliphatic rings. The van der Waals surface area contributed by atoms with E-state index >= 15 is 0 Å². The van der Waals surface area contributed by atoms with Gasteiger partial charge in [-0.3, -0.25) is 9.59 Å². The average molecular weight is 592 g/mol. The van der Waals surface area contributed by atoms with E-state index in [2.05, 4.69) is 10.3 Å². The third-order valence-corrected chi connectivity index (χ3v) is 7.61. The Hall–Kier alpha value is -5.08. The molecule has 5 rings (SSSR count). The number of hydrogen-bond acceptors (Lipinski definition) is 6. The summed E-state index contributed by atoms with van der Waals surface area (Å²) in [5.41, 5.74) is 10.5. The van der Waals surface area contributed by atoms with E-state index in [1.807, 2.05) is 85.1 Å². The zero-order valence-electron chi connectivity index (χ0n) is 24.7. The molecule has 0 bridgehead atoms. The normalized spacial score (nSPS) is 12.3. The highest BCUT2D eigenvalue weighted by atomic mass is 16.5. The second-order valence-electron chi connectivity index (χ2n) is 10.5. The maximum atomic E-state index is 13.6. The van der Waals surface area contributed by atoms with Gasteiger partial charge in [-0.05, 0) is 59.5 Å². The number of ketones is 1. The second-order valence-corrected chi connectivity index (χ2v) is 10.5. The summed E-state index contributed by atoms with van der Waals surface area (Å²) in [5, 5.41) is 3.87. The summed E-state index contributed by atoms with van der Waals surface area (Å²) in [7, 11) is 1.61. The number of H-pyrrole nitrogens is 1. The molecule has 8 heteroatoms. The van der Waals surface area contributed by atoms with Crippen molar-refractivity contribution in [1.82, 2.24) is 10.3 Å². The van der Waals surface area contributed by atoms with Gasteiger partial charge in [0.25, 0.3) is 0 Å². The molecule has 44 heavy (non-hydrogen) atoms. The second kappa shape index (κ2) is 14.9. The predicted octanol–water partition coefficient (Wildman–Crippen LogP) is 5.77. The van der Waals surface area contributed by atoms with Gasteiger partial charge in [0.15, 0.2) is 5.78 Å². The molecule has 226 valence electrons. The summed E-state index contributed by atoms with van der Waals surface area (Å²) in [6, 6.07) is 31.8. The molecule has 2 atom stereocenters. The van der Waals surface area contributed by atoms with Crippen LogP contribution < -0.4 is 25.3 Å².